The van der Waals surface area contributed by atoms with Crippen LogP contribution >= 0.6 is 0 Å². The minimum absolute atomic E-state index is 0.0247. The molecule has 17 nitrogen and oxygen atoms in total. The minimum atomic E-state index is -0.734. The van der Waals surface area contributed by atoms with Crippen molar-refractivity contribution >= 4 is 11.9 Å². The molecule has 0 amide bonds. The van der Waals surface area contributed by atoms with Crippen LogP contribution in [0, 0.1) is 0 Å². The number of pyridine rings is 1. The highest BCUT2D eigenvalue weighted by Crippen LogP contribution is 2.32. The first kappa shape index (κ1) is 52.8. The molecule has 7 rings (SSSR count). The summed E-state index contributed by atoms with van der Waals surface area (Å²) in [6.07, 6.45) is 2.61. The van der Waals surface area contributed by atoms with Gasteiger partial charge in [0.15, 0.2) is 0 Å². The lowest BCUT2D eigenvalue weighted by atomic mass is 10.2. The van der Waals surface area contributed by atoms with E-state index in [0.29, 0.717) is 80.1 Å². The Morgan fingerprint density at radius 3 is 0.716 bits per heavy atom. The zero-order valence-electron chi connectivity index (χ0n) is 42.3. The molecule has 0 saturated carbocycles. The fourth-order valence-corrected chi connectivity index (χ4v) is 7.35. The number of aromatic nitrogens is 1. The Kier molecular flexibility index (Phi) is 18.5. The first-order valence-electron chi connectivity index (χ1n) is 22.9. The van der Waals surface area contributed by atoms with Gasteiger partial charge in [0.05, 0.1) is 68.0 Å². The average Bonchev–Trinajstić information content (AvgIpc) is 3.45. The van der Waals surface area contributed by atoms with Crippen molar-refractivity contribution in [2.75, 3.05) is 56.9 Å². The number of methoxy groups -OCH3 is 8. The molecule has 0 bridgehead atoms. The molecule has 0 N–H and O–H groups in total. The topological polar surface area (TPSA) is 176 Å². The lowest BCUT2D eigenvalue weighted by Gasteiger charge is -2.15. The molecule has 7 aromatic rings. The van der Waals surface area contributed by atoms with Gasteiger partial charge in [-0.25, -0.2) is 9.59 Å². The zero-order valence-corrected chi connectivity index (χ0v) is 42.3. The number of ether oxygens (including phenoxy) is 14. The van der Waals surface area contributed by atoms with Gasteiger partial charge in [-0.15, -0.1) is 0 Å². The maximum absolute atomic E-state index is 13.6. The Bertz CT molecular complexity index is 2590. The second kappa shape index (κ2) is 25.9. The molecule has 17 heteroatoms. The number of rotatable bonds is 26. The van der Waals surface area contributed by atoms with Crippen LogP contribution in [-0.2, 0) is 49.1 Å². The van der Waals surface area contributed by atoms with E-state index in [0.717, 1.165) is 22.3 Å². The fraction of sp³-hybridized carbons (Fsp3) is 0.246. The molecular formula is C57H57NO16. The van der Waals surface area contributed by atoms with E-state index in [4.69, 9.17) is 66.3 Å². The number of carbonyl (C=O) groups is 2. The summed E-state index contributed by atoms with van der Waals surface area (Å²) < 4.78 is 79.9. The molecular weight excluding hydrogens is 955 g/mol. The second-order valence-electron chi connectivity index (χ2n) is 16.3. The summed E-state index contributed by atoms with van der Waals surface area (Å²) in [7, 11) is 12.6. The van der Waals surface area contributed by atoms with E-state index in [1.165, 1.54) is 18.5 Å². The van der Waals surface area contributed by atoms with Gasteiger partial charge in [0.25, 0.3) is 0 Å². The molecule has 0 saturated heterocycles. The van der Waals surface area contributed by atoms with Crippen LogP contribution in [0.25, 0.3) is 0 Å². The Morgan fingerprint density at radius 1 is 0.284 bits per heavy atom. The van der Waals surface area contributed by atoms with Gasteiger partial charge in [0.1, 0.15) is 109 Å². The highest BCUT2D eigenvalue weighted by Gasteiger charge is 2.17. The lowest BCUT2D eigenvalue weighted by molar-refractivity contribution is 0.0468. The Morgan fingerprint density at radius 2 is 0.486 bits per heavy atom. The molecule has 74 heavy (non-hydrogen) atoms. The predicted octanol–water partition coefficient (Wildman–Crippen LogP) is 10.2. The Hall–Kier alpha value is -8.99. The SMILES string of the molecule is COc1cc(COc2cc(COC(=O)c3cncc(C(=O)OCc4cc(OCc5cc(OC)cc(OC)c5)cc(OCc5cc(OC)cc(OC)c5)c4)c3)cc(OCc3cc(OC)cc(OC)c3)c2)cc(OC)c1. The molecule has 0 radical (unpaired) electrons. The molecule has 0 unspecified atom stereocenters. The normalized spacial score (nSPS) is 10.6. The minimum Gasteiger partial charge on any atom is -0.497 e. The van der Waals surface area contributed by atoms with Crippen LogP contribution in [0.5, 0.6) is 69.0 Å². The van der Waals surface area contributed by atoms with Crippen LogP contribution in [-0.4, -0.2) is 73.8 Å². The summed E-state index contributed by atoms with van der Waals surface area (Å²) in [5.74, 6) is 5.15. The Balaban J connectivity index is 1.04. The van der Waals surface area contributed by atoms with Gasteiger partial charge in [0, 0.05) is 48.8 Å². The van der Waals surface area contributed by atoms with E-state index in [-0.39, 0.29) is 50.8 Å². The van der Waals surface area contributed by atoms with E-state index in [1.807, 2.05) is 48.5 Å². The van der Waals surface area contributed by atoms with Crippen LogP contribution in [0.1, 0.15) is 54.1 Å². The van der Waals surface area contributed by atoms with Crippen molar-refractivity contribution in [2.24, 2.45) is 0 Å². The van der Waals surface area contributed by atoms with Crippen molar-refractivity contribution in [3.63, 3.8) is 0 Å². The molecule has 0 spiro atoms. The molecule has 0 atom stereocenters. The maximum atomic E-state index is 13.6. The fourth-order valence-electron chi connectivity index (χ4n) is 7.35. The van der Waals surface area contributed by atoms with Crippen LogP contribution < -0.4 is 56.8 Å². The van der Waals surface area contributed by atoms with Gasteiger partial charge >= 0.3 is 11.9 Å². The van der Waals surface area contributed by atoms with Crippen molar-refractivity contribution < 1.29 is 75.9 Å². The molecule has 0 aliphatic heterocycles. The van der Waals surface area contributed by atoms with Gasteiger partial charge in [-0.1, -0.05) is 0 Å². The smallest absolute Gasteiger partial charge is 0.340 e. The van der Waals surface area contributed by atoms with Gasteiger partial charge in [-0.3, -0.25) is 4.98 Å². The van der Waals surface area contributed by atoms with Crippen molar-refractivity contribution in [1.29, 1.82) is 0 Å². The first-order valence-corrected chi connectivity index (χ1v) is 22.9. The summed E-state index contributed by atoms with van der Waals surface area (Å²) in [6.45, 7) is 0.277. The quantitative estimate of drug-likeness (QED) is 0.0468. The summed E-state index contributed by atoms with van der Waals surface area (Å²) in [5, 5.41) is 0. The Labute approximate surface area is 429 Å². The van der Waals surface area contributed by atoms with Gasteiger partial charge in [-0.05, 0) is 112 Å². The number of hydrogen-bond acceptors (Lipinski definition) is 17. The van der Waals surface area contributed by atoms with Crippen molar-refractivity contribution in [1.82, 2.24) is 4.98 Å². The molecule has 6 aromatic carbocycles. The number of carbonyl (C=O) groups excluding carboxylic acids is 2. The summed E-state index contributed by atoms with van der Waals surface area (Å²) in [6, 6.07) is 33.5. The average molecular weight is 1010 g/mol. The summed E-state index contributed by atoms with van der Waals surface area (Å²) in [5.41, 5.74) is 4.33. The maximum Gasteiger partial charge on any atom is 0.340 e. The third-order valence-electron chi connectivity index (χ3n) is 11.1. The predicted molar refractivity (Wildman–Crippen MR) is 271 cm³/mol. The van der Waals surface area contributed by atoms with Crippen molar-refractivity contribution in [2.45, 2.75) is 39.6 Å². The molecule has 0 aliphatic rings. The molecule has 0 aliphatic carbocycles. The highest BCUT2D eigenvalue weighted by atomic mass is 16.5. The van der Waals surface area contributed by atoms with Gasteiger partial charge in [0.2, 0.25) is 0 Å². The largest absolute Gasteiger partial charge is 0.497 e. The number of benzene rings is 6. The van der Waals surface area contributed by atoms with E-state index >= 15 is 0 Å². The zero-order chi connectivity index (χ0) is 52.4. The summed E-state index contributed by atoms with van der Waals surface area (Å²) in [4.78, 5) is 31.3. The standard InChI is InChI=1S/C57H57NO16/c1-61-44-9-36(10-45(22-44)62-2)30-69-52-17-40(18-53(26-52)70-31-37-11-46(63-3)23-47(12-37)64-4)34-73-56(59)42-21-43(29-58-28-42)57(60)74-35-41-19-54(71-32-38-13-48(65-5)24-49(14-38)66-6)27-55(20-41)72-33-39-15-50(67-7)25-51(16-39)68-8/h9-29H,30-35H2,1-8H3. The molecule has 386 valence electrons. The number of nitrogens with zero attached hydrogens (tertiary/aromatic N) is 1. The summed E-state index contributed by atoms with van der Waals surface area (Å²) >= 11 is 0. The number of hydrogen-bond donors (Lipinski definition) is 0. The van der Waals surface area contributed by atoms with Crippen LogP contribution in [0.3, 0.4) is 0 Å². The first-order chi connectivity index (χ1) is 36.0. The second-order valence-corrected chi connectivity index (χ2v) is 16.3. The van der Waals surface area contributed by atoms with E-state index in [1.54, 1.807) is 118 Å². The lowest BCUT2D eigenvalue weighted by Crippen LogP contribution is -2.10. The van der Waals surface area contributed by atoms with Crippen molar-refractivity contribution in [3.8, 4) is 69.0 Å². The van der Waals surface area contributed by atoms with Crippen LogP contribution in [0.4, 0.5) is 0 Å². The highest BCUT2D eigenvalue weighted by molar-refractivity contribution is 5.94. The van der Waals surface area contributed by atoms with E-state index < -0.39 is 11.9 Å². The number of esters is 2. The molecule has 0 fully saturated rings. The molecule has 1 aromatic heterocycles. The van der Waals surface area contributed by atoms with E-state index in [9.17, 15) is 9.59 Å². The third-order valence-corrected chi connectivity index (χ3v) is 11.1. The van der Waals surface area contributed by atoms with Crippen LogP contribution in [0.2, 0.25) is 0 Å². The van der Waals surface area contributed by atoms with Crippen LogP contribution in [0.15, 0.2) is 128 Å². The molecule has 1 heterocycles. The third kappa shape index (κ3) is 15.0. The van der Waals surface area contributed by atoms with Gasteiger partial charge < -0.3 is 66.3 Å². The van der Waals surface area contributed by atoms with E-state index in [2.05, 4.69) is 4.98 Å². The van der Waals surface area contributed by atoms with Crippen molar-refractivity contribution in [3.05, 3.63) is 172 Å². The monoisotopic (exact) mass is 1010 g/mol. The van der Waals surface area contributed by atoms with Gasteiger partial charge in [-0.2, -0.15) is 0 Å².